The van der Waals surface area contributed by atoms with E-state index in [9.17, 15) is 0 Å². The molecule has 4 heterocycles. The molecule has 0 aliphatic heterocycles. The van der Waals surface area contributed by atoms with Crippen LogP contribution in [0, 0.1) is 0 Å². The molecule has 0 amide bonds. The van der Waals surface area contributed by atoms with E-state index in [4.69, 9.17) is 14.4 Å². The van der Waals surface area contributed by atoms with E-state index in [0.717, 1.165) is 94.2 Å². The molecular weight excluding hydrogens is 697 g/mol. The smallest absolute Gasteiger partial charge is 0.160 e. The number of furan rings is 1. The molecule has 266 valence electrons. The molecule has 8 aromatic carbocycles. The monoisotopic (exact) mass is 728 g/mol. The summed E-state index contributed by atoms with van der Waals surface area (Å²) in [5.74, 6) is 0.682. The normalized spacial score (nSPS) is 11.9. The van der Waals surface area contributed by atoms with Crippen LogP contribution in [0.3, 0.4) is 0 Å². The van der Waals surface area contributed by atoms with Crippen LogP contribution < -0.4 is 0 Å². The maximum atomic E-state index is 6.95. The third-order valence-corrected chi connectivity index (χ3v) is 11.3. The molecule has 0 unspecified atom stereocenters. The van der Waals surface area contributed by atoms with Gasteiger partial charge in [-0.3, -0.25) is 0 Å². The van der Waals surface area contributed by atoms with Gasteiger partial charge in [-0.25, -0.2) is 9.97 Å². The van der Waals surface area contributed by atoms with E-state index < -0.39 is 0 Å². The highest BCUT2D eigenvalue weighted by atomic mass is 16.3. The topological polar surface area (TPSA) is 48.8 Å². The maximum Gasteiger partial charge on any atom is 0.160 e. The Hall–Kier alpha value is -7.76. The number of fused-ring (bicyclic) bond motifs is 12. The number of hydrogen-bond acceptors (Lipinski definition) is 3. The van der Waals surface area contributed by atoms with Gasteiger partial charge in [0.25, 0.3) is 0 Å². The zero-order chi connectivity index (χ0) is 37.5. The zero-order valence-corrected chi connectivity index (χ0v) is 30.7. The van der Waals surface area contributed by atoms with Gasteiger partial charge >= 0.3 is 0 Å². The Morgan fingerprint density at radius 2 is 0.825 bits per heavy atom. The molecule has 57 heavy (non-hydrogen) atoms. The maximum absolute atomic E-state index is 6.95. The summed E-state index contributed by atoms with van der Waals surface area (Å²) < 4.78 is 11.8. The van der Waals surface area contributed by atoms with Crippen LogP contribution in [0.25, 0.3) is 111 Å². The van der Waals surface area contributed by atoms with Crippen molar-refractivity contribution in [2.75, 3.05) is 0 Å². The van der Waals surface area contributed by atoms with Crippen molar-refractivity contribution in [3.8, 4) is 45.3 Å². The highest BCUT2D eigenvalue weighted by Crippen LogP contribution is 2.49. The molecule has 0 aliphatic carbocycles. The second kappa shape index (κ2) is 12.4. The SMILES string of the molecule is c1ccc(-c2cc(-c3ccccc3)nc(-c3ccc(-n4c5ccccc5c5c6c(c7ccccc7n6-c6ccccc6)c6oc7ccccc7c6c54)cc3)n2)cc1. The van der Waals surface area contributed by atoms with Crippen molar-refractivity contribution >= 4 is 65.6 Å². The van der Waals surface area contributed by atoms with Crippen LogP contribution in [0.2, 0.25) is 0 Å². The van der Waals surface area contributed by atoms with Gasteiger partial charge in [-0.1, -0.05) is 133 Å². The molecule has 0 aliphatic rings. The quantitative estimate of drug-likeness (QED) is 0.177. The average molecular weight is 729 g/mol. The first kappa shape index (κ1) is 31.6. The summed E-state index contributed by atoms with van der Waals surface area (Å²) in [6.45, 7) is 0. The van der Waals surface area contributed by atoms with E-state index in [0.29, 0.717) is 5.82 Å². The van der Waals surface area contributed by atoms with Crippen molar-refractivity contribution in [3.63, 3.8) is 0 Å². The van der Waals surface area contributed by atoms with Gasteiger partial charge < -0.3 is 13.6 Å². The number of rotatable bonds is 5. The van der Waals surface area contributed by atoms with Crippen molar-refractivity contribution < 1.29 is 4.42 Å². The minimum Gasteiger partial charge on any atom is -0.455 e. The highest BCUT2D eigenvalue weighted by molar-refractivity contribution is 6.39. The number of hydrogen-bond donors (Lipinski definition) is 0. The first-order valence-electron chi connectivity index (χ1n) is 19.3. The number of benzene rings is 8. The minimum absolute atomic E-state index is 0.682. The first-order chi connectivity index (χ1) is 28.3. The van der Waals surface area contributed by atoms with Crippen LogP contribution in [0.4, 0.5) is 0 Å². The van der Waals surface area contributed by atoms with Crippen LogP contribution in [-0.2, 0) is 0 Å². The van der Waals surface area contributed by atoms with Crippen LogP contribution in [-0.4, -0.2) is 19.1 Å². The van der Waals surface area contributed by atoms with Gasteiger partial charge in [0.15, 0.2) is 5.82 Å². The Bertz CT molecular complexity index is 3430. The fourth-order valence-corrected chi connectivity index (χ4v) is 8.84. The molecule has 5 heteroatoms. The van der Waals surface area contributed by atoms with E-state index >= 15 is 0 Å². The van der Waals surface area contributed by atoms with E-state index in [1.165, 1.54) is 10.8 Å². The van der Waals surface area contributed by atoms with Gasteiger partial charge in [-0.2, -0.15) is 0 Å². The summed E-state index contributed by atoms with van der Waals surface area (Å²) in [5.41, 5.74) is 13.2. The van der Waals surface area contributed by atoms with Gasteiger partial charge in [-0.05, 0) is 60.7 Å². The first-order valence-corrected chi connectivity index (χ1v) is 19.3. The van der Waals surface area contributed by atoms with Crippen molar-refractivity contribution in [2.45, 2.75) is 0 Å². The minimum atomic E-state index is 0.682. The van der Waals surface area contributed by atoms with Crippen LogP contribution in [0.1, 0.15) is 0 Å². The number of aromatic nitrogens is 4. The van der Waals surface area contributed by atoms with E-state index in [2.05, 4.69) is 167 Å². The Labute approximate surface area is 327 Å². The lowest BCUT2D eigenvalue weighted by atomic mass is 10.0. The molecule has 12 rings (SSSR count). The largest absolute Gasteiger partial charge is 0.455 e. The molecule has 0 radical (unpaired) electrons. The van der Waals surface area contributed by atoms with Crippen LogP contribution in [0.5, 0.6) is 0 Å². The molecule has 4 aromatic heterocycles. The molecule has 0 atom stereocenters. The van der Waals surface area contributed by atoms with Crippen LogP contribution in [0.15, 0.2) is 199 Å². The van der Waals surface area contributed by atoms with E-state index in [1.807, 2.05) is 36.4 Å². The summed E-state index contributed by atoms with van der Waals surface area (Å²) in [5, 5.41) is 6.86. The van der Waals surface area contributed by atoms with E-state index in [1.54, 1.807) is 0 Å². The van der Waals surface area contributed by atoms with Gasteiger partial charge in [0.2, 0.25) is 0 Å². The Balaban J connectivity index is 1.16. The summed E-state index contributed by atoms with van der Waals surface area (Å²) in [7, 11) is 0. The van der Waals surface area contributed by atoms with Crippen LogP contribution >= 0.6 is 0 Å². The molecule has 0 saturated heterocycles. The second-order valence-electron chi connectivity index (χ2n) is 14.5. The average Bonchev–Trinajstić information content (AvgIpc) is 3.95. The van der Waals surface area contributed by atoms with Crippen molar-refractivity contribution in [3.05, 3.63) is 194 Å². The number of para-hydroxylation sites is 4. The van der Waals surface area contributed by atoms with Gasteiger partial charge in [-0.15, -0.1) is 0 Å². The Morgan fingerprint density at radius 1 is 0.368 bits per heavy atom. The lowest BCUT2D eigenvalue weighted by molar-refractivity contribution is 0.673. The van der Waals surface area contributed by atoms with Gasteiger partial charge in [0.05, 0.1) is 44.2 Å². The fraction of sp³-hybridized carbons (Fsp3) is 0. The van der Waals surface area contributed by atoms with Crippen molar-refractivity contribution in [2.24, 2.45) is 0 Å². The third kappa shape index (κ3) is 4.76. The third-order valence-electron chi connectivity index (χ3n) is 11.3. The van der Waals surface area contributed by atoms with Gasteiger partial charge in [0.1, 0.15) is 11.2 Å². The Kier molecular flexibility index (Phi) is 6.86. The van der Waals surface area contributed by atoms with E-state index in [-0.39, 0.29) is 0 Å². The summed E-state index contributed by atoms with van der Waals surface area (Å²) in [6, 6.07) is 68.0. The summed E-state index contributed by atoms with van der Waals surface area (Å²) >= 11 is 0. The predicted molar refractivity (Wildman–Crippen MR) is 234 cm³/mol. The second-order valence-corrected chi connectivity index (χ2v) is 14.5. The standard InChI is InChI=1S/C52H32N4O/c1-4-16-33(17-5-1)41-32-42(34-18-6-2-7-19-34)54-52(53-41)35-28-30-37(31-29-35)56-43-25-13-10-22-38(43)46-49-47(51-48(50(46)56)40-24-12-15-27-45(40)57-51)39-23-11-14-26-44(39)55(49)36-20-8-3-9-21-36/h1-32H. The molecular formula is C52H32N4O. The zero-order valence-electron chi connectivity index (χ0n) is 30.7. The summed E-state index contributed by atoms with van der Waals surface area (Å²) in [4.78, 5) is 10.2. The van der Waals surface area contributed by atoms with Crippen molar-refractivity contribution in [1.82, 2.24) is 19.1 Å². The molecule has 0 fully saturated rings. The number of nitrogens with zero attached hydrogens (tertiary/aromatic N) is 4. The molecule has 12 aromatic rings. The lowest BCUT2D eigenvalue weighted by Gasteiger charge is -2.12. The molecule has 0 saturated carbocycles. The molecule has 0 bridgehead atoms. The highest BCUT2D eigenvalue weighted by Gasteiger charge is 2.27. The fourth-order valence-electron chi connectivity index (χ4n) is 8.84. The molecule has 0 spiro atoms. The van der Waals surface area contributed by atoms with Gasteiger partial charge in [0, 0.05) is 49.6 Å². The van der Waals surface area contributed by atoms with Crippen molar-refractivity contribution in [1.29, 1.82) is 0 Å². The lowest BCUT2D eigenvalue weighted by Crippen LogP contribution is -1.98. The summed E-state index contributed by atoms with van der Waals surface area (Å²) in [6.07, 6.45) is 0. The molecule has 5 nitrogen and oxygen atoms in total. The Morgan fingerprint density at radius 3 is 1.42 bits per heavy atom. The predicted octanol–water partition coefficient (Wildman–Crippen LogP) is 13.6. The molecule has 0 N–H and O–H groups in total.